The van der Waals surface area contributed by atoms with E-state index >= 15 is 0 Å². The number of hydrogen-bond acceptors (Lipinski definition) is 5. The van der Waals surface area contributed by atoms with Gasteiger partial charge in [-0.25, -0.2) is 14.8 Å². The van der Waals surface area contributed by atoms with Crippen LogP contribution in [0.3, 0.4) is 0 Å². The van der Waals surface area contributed by atoms with Crippen LogP contribution in [0.1, 0.15) is 0 Å². The normalized spacial score (nSPS) is 21.3. The van der Waals surface area contributed by atoms with E-state index < -0.39 is 12.0 Å². The smallest absolute Gasteiger partial charge is 0.327 e. The molecule has 0 aliphatic carbocycles. The van der Waals surface area contributed by atoms with Crippen LogP contribution in [-0.2, 0) is 4.79 Å². The van der Waals surface area contributed by atoms with E-state index in [4.69, 9.17) is 5.11 Å². The first-order valence-electron chi connectivity index (χ1n) is 4.68. The number of carboxylic acid groups (broad SMARTS) is 1. The first kappa shape index (κ1) is 9.85. The van der Waals surface area contributed by atoms with Gasteiger partial charge >= 0.3 is 5.97 Å². The van der Waals surface area contributed by atoms with E-state index in [2.05, 4.69) is 21.6 Å². The molecule has 1 aliphatic heterocycles. The number of nitrogens with one attached hydrogen (secondary N) is 1. The van der Waals surface area contributed by atoms with Crippen LogP contribution in [0.15, 0.2) is 12.3 Å². The molecule has 2 rings (SSSR count). The zero-order valence-electron chi connectivity index (χ0n) is 8.05. The zero-order chi connectivity index (χ0) is 10.7. The maximum Gasteiger partial charge on any atom is 0.327 e. The van der Waals surface area contributed by atoms with Crippen LogP contribution in [0.5, 0.6) is 0 Å². The third kappa shape index (κ3) is 2.04. The Bertz CT molecular complexity index is 343. The van der Waals surface area contributed by atoms with E-state index in [0.717, 1.165) is 6.54 Å². The van der Waals surface area contributed by atoms with E-state index in [1.165, 1.54) is 0 Å². The lowest BCUT2D eigenvalue weighted by Crippen LogP contribution is -2.55. The van der Waals surface area contributed by atoms with Gasteiger partial charge < -0.3 is 15.3 Å². The summed E-state index contributed by atoms with van der Waals surface area (Å²) in [6.45, 7) is 1.81. The Balaban J connectivity index is 2.22. The molecule has 0 bridgehead atoms. The Morgan fingerprint density at radius 3 is 3.27 bits per heavy atom. The molecule has 0 aromatic carbocycles. The lowest BCUT2D eigenvalue weighted by Gasteiger charge is -2.34. The summed E-state index contributed by atoms with van der Waals surface area (Å²) in [5.41, 5.74) is 0. The Kier molecular flexibility index (Phi) is 2.77. The maximum atomic E-state index is 11.0. The van der Waals surface area contributed by atoms with Gasteiger partial charge in [-0.1, -0.05) is 0 Å². The monoisotopic (exact) mass is 207 g/mol. The van der Waals surface area contributed by atoms with E-state index in [1.54, 1.807) is 17.2 Å². The van der Waals surface area contributed by atoms with Crippen molar-refractivity contribution in [2.24, 2.45) is 0 Å². The second-order valence-corrected chi connectivity index (χ2v) is 3.27. The molecule has 1 fully saturated rings. The largest absolute Gasteiger partial charge is 0.480 e. The first-order valence-corrected chi connectivity index (χ1v) is 4.68. The second kappa shape index (κ2) is 4.22. The molecule has 1 radical (unpaired) electrons. The molecule has 1 aromatic rings. The third-order valence-electron chi connectivity index (χ3n) is 2.34. The van der Waals surface area contributed by atoms with Crippen molar-refractivity contribution in [3.8, 4) is 0 Å². The molecule has 1 saturated heterocycles. The first-order chi connectivity index (χ1) is 7.29. The summed E-state index contributed by atoms with van der Waals surface area (Å²) in [5.74, 6) is -0.236. The highest BCUT2D eigenvalue weighted by molar-refractivity contribution is 5.78. The highest BCUT2D eigenvalue weighted by Gasteiger charge is 2.28. The van der Waals surface area contributed by atoms with Gasteiger partial charge in [0, 0.05) is 25.8 Å². The number of piperazine rings is 1. The number of rotatable bonds is 2. The molecule has 0 spiro atoms. The molecule has 1 atom stereocenters. The predicted molar refractivity (Wildman–Crippen MR) is 52.5 cm³/mol. The van der Waals surface area contributed by atoms with Crippen LogP contribution in [0.25, 0.3) is 0 Å². The van der Waals surface area contributed by atoms with Crippen molar-refractivity contribution >= 4 is 11.8 Å². The van der Waals surface area contributed by atoms with Crippen LogP contribution in [-0.4, -0.2) is 46.7 Å². The Morgan fingerprint density at radius 1 is 1.73 bits per heavy atom. The highest BCUT2D eigenvalue weighted by atomic mass is 16.4. The third-order valence-corrected chi connectivity index (χ3v) is 2.34. The molecule has 0 amide bonds. The van der Waals surface area contributed by atoms with Crippen LogP contribution in [0, 0.1) is 6.33 Å². The number of aromatic nitrogens is 2. The van der Waals surface area contributed by atoms with Crippen molar-refractivity contribution in [3.63, 3.8) is 0 Å². The van der Waals surface area contributed by atoms with Crippen molar-refractivity contribution in [2.75, 3.05) is 24.5 Å². The number of hydrogen-bond donors (Lipinski definition) is 2. The number of nitrogens with zero attached hydrogens (tertiary/aromatic N) is 3. The fourth-order valence-corrected chi connectivity index (χ4v) is 1.61. The van der Waals surface area contributed by atoms with Gasteiger partial charge in [-0.15, -0.1) is 0 Å². The van der Waals surface area contributed by atoms with Gasteiger partial charge in [-0.2, -0.15) is 0 Å². The Labute approximate surface area is 87.0 Å². The predicted octanol–water partition coefficient (Wildman–Crippen LogP) is -0.860. The van der Waals surface area contributed by atoms with Gasteiger partial charge in [0.05, 0.1) is 0 Å². The van der Waals surface area contributed by atoms with Gasteiger partial charge in [-0.05, 0) is 6.07 Å². The molecule has 6 heteroatoms. The summed E-state index contributed by atoms with van der Waals surface area (Å²) in [6, 6.07) is 1.12. The molecule has 0 saturated carbocycles. The van der Waals surface area contributed by atoms with Crippen molar-refractivity contribution < 1.29 is 9.90 Å². The van der Waals surface area contributed by atoms with Gasteiger partial charge in [0.1, 0.15) is 11.9 Å². The summed E-state index contributed by atoms with van der Waals surface area (Å²) < 4.78 is 0. The fraction of sp³-hybridized carbons (Fsp3) is 0.444. The number of carboxylic acids is 1. The van der Waals surface area contributed by atoms with E-state index in [9.17, 15) is 4.79 Å². The summed E-state index contributed by atoms with van der Waals surface area (Å²) in [5, 5.41) is 12.1. The SMILES string of the molecule is O=C(O)C1CNCCN1c1ccn[c]n1. The lowest BCUT2D eigenvalue weighted by molar-refractivity contribution is -0.138. The van der Waals surface area contributed by atoms with Crippen molar-refractivity contribution in [2.45, 2.75) is 6.04 Å². The quantitative estimate of drug-likeness (QED) is 0.657. The molecule has 1 aliphatic rings. The summed E-state index contributed by atoms with van der Waals surface area (Å²) >= 11 is 0. The zero-order valence-corrected chi connectivity index (χ0v) is 8.05. The van der Waals surface area contributed by atoms with E-state index in [1.807, 2.05) is 0 Å². The van der Waals surface area contributed by atoms with Gasteiger partial charge in [0.2, 0.25) is 0 Å². The van der Waals surface area contributed by atoms with Crippen LogP contribution >= 0.6 is 0 Å². The van der Waals surface area contributed by atoms with Crippen molar-refractivity contribution in [1.29, 1.82) is 0 Å². The average Bonchev–Trinajstić information content (AvgIpc) is 2.30. The summed E-state index contributed by atoms with van der Waals surface area (Å²) in [6.07, 6.45) is 4.02. The van der Waals surface area contributed by atoms with Crippen LogP contribution < -0.4 is 10.2 Å². The molecular formula is C9H11N4O2. The fourth-order valence-electron chi connectivity index (χ4n) is 1.61. The van der Waals surface area contributed by atoms with Crippen molar-refractivity contribution in [3.05, 3.63) is 18.6 Å². The number of anilines is 1. The van der Waals surface area contributed by atoms with E-state index in [-0.39, 0.29) is 0 Å². The van der Waals surface area contributed by atoms with E-state index in [0.29, 0.717) is 18.9 Å². The minimum absolute atomic E-state index is 0.430. The molecule has 15 heavy (non-hydrogen) atoms. The van der Waals surface area contributed by atoms with Gasteiger partial charge in [0.15, 0.2) is 6.33 Å². The molecule has 79 valence electrons. The molecule has 6 nitrogen and oxygen atoms in total. The topological polar surface area (TPSA) is 78.4 Å². The molecule has 1 unspecified atom stereocenters. The molecular weight excluding hydrogens is 196 g/mol. The molecule has 2 N–H and O–H groups in total. The molecule has 1 aromatic heterocycles. The van der Waals surface area contributed by atoms with Crippen molar-refractivity contribution in [1.82, 2.24) is 15.3 Å². The lowest BCUT2D eigenvalue weighted by atomic mass is 10.2. The standard InChI is InChI=1S/C9H11N4O2/c14-9(15)7-5-10-3-4-13(7)8-1-2-11-6-12-8/h1-2,7,10H,3-5H2,(H,14,15). The number of aliphatic carboxylic acids is 1. The maximum absolute atomic E-state index is 11.0. The second-order valence-electron chi connectivity index (χ2n) is 3.27. The Hall–Kier alpha value is -1.69. The average molecular weight is 207 g/mol. The summed E-state index contributed by atoms with van der Waals surface area (Å²) in [7, 11) is 0. The molecule has 2 heterocycles. The minimum Gasteiger partial charge on any atom is -0.480 e. The highest BCUT2D eigenvalue weighted by Crippen LogP contribution is 2.13. The Morgan fingerprint density at radius 2 is 2.60 bits per heavy atom. The number of carbonyl (C=O) groups is 1. The van der Waals surface area contributed by atoms with Crippen LogP contribution in [0.2, 0.25) is 0 Å². The summed E-state index contributed by atoms with van der Waals surface area (Å²) in [4.78, 5) is 20.4. The minimum atomic E-state index is -0.846. The van der Waals surface area contributed by atoms with Crippen LogP contribution in [0.4, 0.5) is 5.82 Å². The van der Waals surface area contributed by atoms with Gasteiger partial charge in [-0.3, -0.25) is 0 Å². The van der Waals surface area contributed by atoms with Gasteiger partial charge in [0.25, 0.3) is 0 Å².